The molecule has 0 aromatic heterocycles. The van der Waals surface area contributed by atoms with E-state index in [4.69, 9.17) is 0 Å². The van der Waals surface area contributed by atoms with E-state index in [-0.39, 0.29) is 5.69 Å². The third-order valence-corrected chi connectivity index (χ3v) is 2.21. The number of amides is 3. The Morgan fingerprint density at radius 1 is 1.19 bits per heavy atom. The Kier molecular flexibility index (Phi) is 2.28. The molecule has 1 heterocycles. The molecule has 3 amide bonds. The molecule has 0 aliphatic carbocycles. The normalized spacial score (nSPS) is 19.1. The second kappa shape index (κ2) is 3.61. The zero-order valence-electron chi connectivity index (χ0n) is 7.97. The van der Waals surface area contributed by atoms with E-state index >= 15 is 0 Å². The van der Waals surface area contributed by atoms with Crippen LogP contribution < -0.4 is 10.6 Å². The highest BCUT2D eigenvalue weighted by Gasteiger charge is 2.30. The fourth-order valence-corrected chi connectivity index (χ4v) is 1.44. The quantitative estimate of drug-likeness (QED) is 0.430. The molecule has 1 aliphatic rings. The van der Waals surface area contributed by atoms with Gasteiger partial charge in [-0.05, 0) is 17.7 Å². The molecular formula is C9H7N3O4. The number of rotatable bonds is 2. The molecule has 16 heavy (non-hydrogen) atoms. The Morgan fingerprint density at radius 3 is 2.25 bits per heavy atom. The minimum Gasteiger partial charge on any atom is -0.322 e. The molecule has 2 N–H and O–H groups in total. The van der Waals surface area contributed by atoms with Crippen LogP contribution in [0, 0.1) is 10.1 Å². The largest absolute Gasteiger partial charge is 0.322 e. The predicted molar refractivity (Wildman–Crippen MR) is 52.5 cm³/mol. The average Bonchev–Trinajstić information content (AvgIpc) is 2.58. The van der Waals surface area contributed by atoms with Crippen molar-refractivity contribution in [3.63, 3.8) is 0 Å². The summed E-state index contributed by atoms with van der Waals surface area (Å²) in [6, 6.07) is 4.11. The van der Waals surface area contributed by atoms with Gasteiger partial charge in [0.2, 0.25) is 0 Å². The van der Waals surface area contributed by atoms with Crippen LogP contribution >= 0.6 is 0 Å². The fraction of sp³-hybridized carbons (Fsp3) is 0.111. The van der Waals surface area contributed by atoms with Crippen molar-refractivity contribution in [1.29, 1.82) is 0 Å². The number of nitrogens with zero attached hydrogens (tertiary/aromatic N) is 1. The second-order valence-electron chi connectivity index (χ2n) is 3.24. The number of benzene rings is 1. The van der Waals surface area contributed by atoms with Crippen molar-refractivity contribution in [3.8, 4) is 0 Å². The van der Waals surface area contributed by atoms with Crippen LogP contribution in [0.5, 0.6) is 0 Å². The van der Waals surface area contributed by atoms with E-state index in [9.17, 15) is 19.7 Å². The summed E-state index contributed by atoms with van der Waals surface area (Å²) in [4.78, 5) is 32.0. The van der Waals surface area contributed by atoms with Crippen LogP contribution in [0.25, 0.3) is 0 Å². The van der Waals surface area contributed by atoms with Crippen molar-refractivity contribution in [2.24, 2.45) is 0 Å². The number of nitrogens with one attached hydrogen (secondary N) is 2. The molecule has 7 heteroatoms. The van der Waals surface area contributed by atoms with E-state index < -0.39 is 22.9 Å². The number of hydrogen-bond acceptors (Lipinski definition) is 4. The molecule has 1 aliphatic heterocycles. The highest BCUT2D eigenvalue weighted by atomic mass is 16.6. The molecule has 1 saturated heterocycles. The van der Waals surface area contributed by atoms with E-state index in [1.807, 2.05) is 0 Å². The molecule has 0 saturated carbocycles. The molecule has 1 atom stereocenters. The van der Waals surface area contributed by atoms with Gasteiger partial charge in [-0.1, -0.05) is 0 Å². The molecule has 0 bridgehead atoms. The zero-order valence-corrected chi connectivity index (χ0v) is 7.97. The molecule has 1 unspecified atom stereocenters. The summed E-state index contributed by atoms with van der Waals surface area (Å²) in [7, 11) is 0. The molecule has 82 valence electrons. The van der Waals surface area contributed by atoms with Gasteiger partial charge in [-0.3, -0.25) is 20.2 Å². The summed E-state index contributed by atoms with van der Waals surface area (Å²) < 4.78 is 0. The summed E-state index contributed by atoms with van der Waals surface area (Å²) in [6.45, 7) is 0. The first-order chi connectivity index (χ1) is 7.58. The highest BCUT2D eigenvalue weighted by Crippen LogP contribution is 2.19. The molecule has 1 aromatic carbocycles. The van der Waals surface area contributed by atoms with Crippen molar-refractivity contribution in [2.75, 3.05) is 0 Å². The number of nitro benzene ring substituents is 1. The minimum absolute atomic E-state index is 0.0616. The van der Waals surface area contributed by atoms with Crippen molar-refractivity contribution >= 4 is 17.6 Å². The lowest BCUT2D eigenvalue weighted by atomic mass is 10.1. The number of nitro groups is 1. The monoisotopic (exact) mass is 221 g/mol. The van der Waals surface area contributed by atoms with Crippen LogP contribution in [0.4, 0.5) is 10.5 Å². The number of carbonyl (C=O) groups is 2. The van der Waals surface area contributed by atoms with Gasteiger partial charge in [-0.15, -0.1) is 0 Å². The van der Waals surface area contributed by atoms with Gasteiger partial charge >= 0.3 is 6.03 Å². The Hall–Kier alpha value is -2.44. The molecule has 7 nitrogen and oxygen atoms in total. The molecule has 0 radical (unpaired) electrons. The Morgan fingerprint density at radius 2 is 1.81 bits per heavy atom. The first-order valence-corrected chi connectivity index (χ1v) is 4.43. The van der Waals surface area contributed by atoms with Gasteiger partial charge in [0.05, 0.1) is 4.92 Å². The van der Waals surface area contributed by atoms with Crippen molar-refractivity contribution in [1.82, 2.24) is 10.6 Å². The van der Waals surface area contributed by atoms with Crippen LogP contribution in [0.2, 0.25) is 0 Å². The summed E-state index contributed by atoms with van der Waals surface area (Å²) >= 11 is 0. The minimum atomic E-state index is -0.770. The Bertz CT molecular complexity index is 468. The summed E-state index contributed by atoms with van der Waals surface area (Å²) in [5.41, 5.74) is 0.447. The van der Waals surface area contributed by atoms with E-state index in [0.717, 1.165) is 0 Å². The third kappa shape index (κ3) is 1.70. The Balaban J connectivity index is 2.25. The van der Waals surface area contributed by atoms with Crippen LogP contribution in [-0.2, 0) is 4.79 Å². The van der Waals surface area contributed by atoms with Crippen molar-refractivity contribution < 1.29 is 14.5 Å². The number of carbonyl (C=O) groups excluding carboxylic acids is 2. The van der Waals surface area contributed by atoms with Crippen molar-refractivity contribution in [3.05, 3.63) is 39.9 Å². The lowest BCUT2D eigenvalue weighted by Gasteiger charge is -2.06. The average molecular weight is 221 g/mol. The highest BCUT2D eigenvalue weighted by molar-refractivity contribution is 6.04. The van der Waals surface area contributed by atoms with E-state index in [0.29, 0.717) is 5.56 Å². The zero-order chi connectivity index (χ0) is 11.7. The van der Waals surface area contributed by atoms with E-state index in [1.54, 1.807) is 0 Å². The first-order valence-electron chi connectivity index (χ1n) is 4.43. The van der Waals surface area contributed by atoms with Crippen LogP contribution in [0.3, 0.4) is 0 Å². The summed E-state index contributed by atoms with van der Waals surface area (Å²) in [5, 5.41) is 14.9. The lowest BCUT2D eigenvalue weighted by Crippen LogP contribution is -2.22. The first kappa shape index (κ1) is 10.1. The maximum Gasteiger partial charge on any atom is 0.322 e. The fourth-order valence-electron chi connectivity index (χ4n) is 1.44. The molecule has 1 aromatic rings. The van der Waals surface area contributed by atoms with Crippen LogP contribution in [0.15, 0.2) is 24.3 Å². The maximum atomic E-state index is 11.3. The predicted octanol–water partition coefficient (Wildman–Crippen LogP) is 0.475. The SMILES string of the molecule is O=C1NC(=O)C(c2ccc([N+](=O)[O-])cc2)N1. The molecular weight excluding hydrogens is 214 g/mol. The van der Waals surface area contributed by atoms with Gasteiger partial charge in [0.1, 0.15) is 6.04 Å². The maximum absolute atomic E-state index is 11.3. The molecule has 2 rings (SSSR count). The van der Waals surface area contributed by atoms with Gasteiger partial charge in [0.25, 0.3) is 11.6 Å². The van der Waals surface area contributed by atoms with Crippen LogP contribution in [-0.4, -0.2) is 16.9 Å². The second-order valence-corrected chi connectivity index (χ2v) is 3.24. The lowest BCUT2D eigenvalue weighted by molar-refractivity contribution is -0.384. The van der Waals surface area contributed by atoms with Crippen molar-refractivity contribution in [2.45, 2.75) is 6.04 Å². The van der Waals surface area contributed by atoms with Gasteiger partial charge in [-0.25, -0.2) is 4.79 Å². The number of imide groups is 1. The van der Waals surface area contributed by atoms with E-state index in [2.05, 4.69) is 10.6 Å². The molecule has 1 fully saturated rings. The number of hydrogen-bond donors (Lipinski definition) is 2. The van der Waals surface area contributed by atoms with Gasteiger partial charge in [-0.2, -0.15) is 0 Å². The number of non-ortho nitro benzene ring substituents is 1. The van der Waals surface area contributed by atoms with Crippen LogP contribution in [0.1, 0.15) is 11.6 Å². The smallest absolute Gasteiger partial charge is 0.322 e. The standard InChI is InChI=1S/C9H7N3O4/c13-8-7(10-9(14)11-8)5-1-3-6(4-2-5)12(15)16/h1-4,7H,(H2,10,11,13,14). The molecule has 0 spiro atoms. The Labute approximate surface area is 89.6 Å². The summed E-state index contributed by atoms with van der Waals surface area (Å²) in [6.07, 6.45) is 0. The van der Waals surface area contributed by atoms with Gasteiger partial charge in [0, 0.05) is 12.1 Å². The van der Waals surface area contributed by atoms with Gasteiger partial charge in [0.15, 0.2) is 0 Å². The summed E-state index contributed by atoms with van der Waals surface area (Å²) in [5.74, 6) is -0.459. The number of urea groups is 1. The van der Waals surface area contributed by atoms with E-state index in [1.165, 1.54) is 24.3 Å². The third-order valence-electron chi connectivity index (χ3n) is 2.21. The van der Waals surface area contributed by atoms with Gasteiger partial charge < -0.3 is 5.32 Å². The topological polar surface area (TPSA) is 101 Å².